The zero-order valence-corrected chi connectivity index (χ0v) is 14.3. The van der Waals surface area contributed by atoms with Crippen molar-refractivity contribution in [1.29, 1.82) is 0 Å². The molecule has 0 aliphatic carbocycles. The van der Waals surface area contributed by atoms with Crippen LogP contribution in [-0.4, -0.2) is 29.7 Å². The molecule has 0 aliphatic heterocycles. The van der Waals surface area contributed by atoms with Gasteiger partial charge in [0, 0.05) is 13.1 Å². The highest BCUT2D eigenvalue weighted by molar-refractivity contribution is 7.92. The van der Waals surface area contributed by atoms with Gasteiger partial charge in [0.05, 0.1) is 29.8 Å². The minimum absolute atomic E-state index is 0.110. The largest absolute Gasteiger partial charge is 0.493 e. The van der Waals surface area contributed by atoms with Crippen molar-refractivity contribution in [2.24, 2.45) is 0 Å². The van der Waals surface area contributed by atoms with E-state index in [2.05, 4.69) is 0 Å². The van der Waals surface area contributed by atoms with Gasteiger partial charge in [-0.05, 0) is 30.3 Å². The Bertz CT molecular complexity index is 826. The number of sulfonamides is 1. The summed E-state index contributed by atoms with van der Waals surface area (Å²) in [5.74, 6) is 0.190. The zero-order valence-electron chi connectivity index (χ0n) is 12.7. The van der Waals surface area contributed by atoms with Gasteiger partial charge in [-0.1, -0.05) is 11.6 Å². The number of benzene rings is 2. The highest BCUT2D eigenvalue weighted by atomic mass is 35.5. The molecule has 0 aliphatic rings. The van der Waals surface area contributed by atoms with E-state index in [0.29, 0.717) is 17.2 Å². The molecule has 0 bridgehead atoms. The number of anilines is 1. The number of nitrogens with zero attached hydrogens (tertiary/aromatic N) is 1. The first-order chi connectivity index (χ1) is 10.8. The average molecular weight is 360 g/mol. The highest BCUT2D eigenvalue weighted by Gasteiger charge is 2.23. The standard InChI is InChI=1S/C15H15ClFNO4S/c1-18(10-4-7-14(21-2)15(8-10)22-3)23(19,20)11-5-6-13(17)12(16)9-11/h4-9H,1-3H3. The third-order valence-corrected chi connectivity index (χ3v) is 5.35. The number of rotatable bonds is 5. The minimum atomic E-state index is -3.89. The van der Waals surface area contributed by atoms with Crippen LogP contribution in [0.25, 0.3) is 0 Å². The first kappa shape index (κ1) is 17.4. The van der Waals surface area contributed by atoms with Crippen LogP contribution < -0.4 is 13.8 Å². The maximum atomic E-state index is 13.2. The van der Waals surface area contributed by atoms with Crippen LogP contribution in [0.2, 0.25) is 5.02 Å². The fourth-order valence-electron chi connectivity index (χ4n) is 1.95. The van der Waals surface area contributed by atoms with E-state index in [9.17, 15) is 12.8 Å². The Kier molecular flexibility index (Phi) is 5.01. The van der Waals surface area contributed by atoms with Crippen molar-refractivity contribution in [3.8, 4) is 11.5 Å². The molecule has 0 saturated carbocycles. The average Bonchev–Trinajstić information content (AvgIpc) is 2.55. The number of methoxy groups -OCH3 is 2. The van der Waals surface area contributed by atoms with Gasteiger partial charge in [0.1, 0.15) is 5.82 Å². The van der Waals surface area contributed by atoms with Crippen molar-refractivity contribution in [2.45, 2.75) is 4.90 Å². The van der Waals surface area contributed by atoms with E-state index in [1.165, 1.54) is 27.3 Å². The van der Waals surface area contributed by atoms with Crippen molar-refractivity contribution < 1.29 is 22.3 Å². The maximum absolute atomic E-state index is 13.2. The summed E-state index contributed by atoms with van der Waals surface area (Å²) in [6.45, 7) is 0. The molecule has 5 nitrogen and oxygen atoms in total. The Hall–Kier alpha value is -1.99. The van der Waals surface area contributed by atoms with E-state index >= 15 is 0 Å². The lowest BCUT2D eigenvalue weighted by molar-refractivity contribution is 0.355. The third kappa shape index (κ3) is 3.35. The van der Waals surface area contributed by atoms with Crippen molar-refractivity contribution in [3.63, 3.8) is 0 Å². The molecule has 2 aromatic carbocycles. The molecule has 0 atom stereocenters. The predicted octanol–water partition coefficient (Wildman–Crippen LogP) is 3.32. The fourth-order valence-corrected chi connectivity index (χ4v) is 3.41. The molecule has 0 radical (unpaired) electrons. The number of hydrogen-bond donors (Lipinski definition) is 0. The van der Waals surface area contributed by atoms with E-state index in [1.807, 2.05) is 0 Å². The summed E-state index contributed by atoms with van der Waals surface area (Å²) >= 11 is 5.66. The van der Waals surface area contributed by atoms with Crippen LogP contribution in [-0.2, 0) is 10.0 Å². The fraction of sp³-hybridized carbons (Fsp3) is 0.200. The van der Waals surface area contributed by atoms with Gasteiger partial charge in [-0.15, -0.1) is 0 Å². The lowest BCUT2D eigenvalue weighted by Gasteiger charge is -2.21. The van der Waals surface area contributed by atoms with Gasteiger partial charge < -0.3 is 9.47 Å². The van der Waals surface area contributed by atoms with Crippen LogP contribution in [0.1, 0.15) is 0 Å². The predicted molar refractivity (Wildman–Crippen MR) is 86.5 cm³/mol. The Balaban J connectivity index is 2.45. The first-order valence-electron chi connectivity index (χ1n) is 6.47. The van der Waals surface area contributed by atoms with Gasteiger partial charge >= 0.3 is 0 Å². The van der Waals surface area contributed by atoms with E-state index in [0.717, 1.165) is 22.5 Å². The molecule has 8 heteroatoms. The monoisotopic (exact) mass is 359 g/mol. The SMILES string of the molecule is COc1ccc(N(C)S(=O)(=O)c2ccc(F)c(Cl)c2)cc1OC. The molecule has 0 amide bonds. The normalized spacial score (nSPS) is 11.2. The van der Waals surface area contributed by atoms with Gasteiger partial charge in [0.15, 0.2) is 11.5 Å². The molecule has 0 saturated heterocycles. The van der Waals surface area contributed by atoms with Gasteiger partial charge in [-0.3, -0.25) is 4.31 Å². The molecular weight excluding hydrogens is 345 g/mol. The van der Waals surface area contributed by atoms with E-state index in [1.54, 1.807) is 12.1 Å². The molecule has 124 valence electrons. The van der Waals surface area contributed by atoms with Crippen molar-refractivity contribution >= 4 is 27.3 Å². The molecule has 0 N–H and O–H groups in total. The molecule has 2 rings (SSSR count). The maximum Gasteiger partial charge on any atom is 0.264 e. The highest BCUT2D eigenvalue weighted by Crippen LogP contribution is 2.33. The molecule has 0 heterocycles. The van der Waals surface area contributed by atoms with Crippen LogP contribution >= 0.6 is 11.6 Å². The molecule has 0 unspecified atom stereocenters. The molecular formula is C15H15ClFNO4S. The van der Waals surface area contributed by atoms with Crippen molar-refractivity contribution in [2.75, 3.05) is 25.6 Å². The lowest BCUT2D eigenvalue weighted by Crippen LogP contribution is -2.26. The second-order valence-corrected chi connectivity index (χ2v) is 6.96. The van der Waals surface area contributed by atoms with Crippen LogP contribution in [0.5, 0.6) is 11.5 Å². The Morgan fingerprint density at radius 3 is 2.26 bits per heavy atom. The minimum Gasteiger partial charge on any atom is -0.493 e. The summed E-state index contributed by atoms with van der Waals surface area (Å²) in [6.07, 6.45) is 0. The van der Waals surface area contributed by atoms with Gasteiger partial charge in [0.25, 0.3) is 10.0 Å². The number of halogens is 2. The van der Waals surface area contributed by atoms with Crippen LogP contribution in [0.4, 0.5) is 10.1 Å². The summed E-state index contributed by atoms with van der Waals surface area (Å²) < 4.78 is 49.8. The van der Waals surface area contributed by atoms with Crippen LogP contribution in [0, 0.1) is 5.82 Å². The summed E-state index contributed by atoms with van der Waals surface area (Å²) in [4.78, 5) is -0.110. The molecule has 2 aromatic rings. The third-order valence-electron chi connectivity index (χ3n) is 3.28. The summed E-state index contributed by atoms with van der Waals surface area (Å²) in [5.41, 5.74) is 0.364. The van der Waals surface area contributed by atoms with E-state index in [4.69, 9.17) is 21.1 Å². The van der Waals surface area contributed by atoms with Gasteiger partial charge in [-0.2, -0.15) is 0 Å². The second kappa shape index (κ2) is 6.64. The zero-order chi connectivity index (χ0) is 17.2. The summed E-state index contributed by atoms with van der Waals surface area (Å²) in [5, 5.41) is -0.258. The summed E-state index contributed by atoms with van der Waals surface area (Å²) in [6, 6.07) is 7.94. The van der Waals surface area contributed by atoms with Gasteiger partial charge in [-0.25, -0.2) is 12.8 Å². The molecule has 0 spiro atoms. The lowest BCUT2D eigenvalue weighted by atomic mass is 10.3. The van der Waals surface area contributed by atoms with Crippen LogP contribution in [0.3, 0.4) is 0 Å². The quantitative estimate of drug-likeness (QED) is 0.821. The topological polar surface area (TPSA) is 55.8 Å². The molecule has 0 fully saturated rings. The number of hydrogen-bond acceptors (Lipinski definition) is 4. The molecule has 23 heavy (non-hydrogen) atoms. The van der Waals surface area contributed by atoms with Crippen LogP contribution in [0.15, 0.2) is 41.3 Å². The molecule has 0 aromatic heterocycles. The van der Waals surface area contributed by atoms with Crippen molar-refractivity contribution in [1.82, 2.24) is 0 Å². The Morgan fingerprint density at radius 1 is 1.04 bits per heavy atom. The first-order valence-corrected chi connectivity index (χ1v) is 8.29. The van der Waals surface area contributed by atoms with E-state index in [-0.39, 0.29) is 9.92 Å². The van der Waals surface area contributed by atoms with E-state index < -0.39 is 15.8 Å². The smallest absolute Gasteiger partial charge is 0.264 e. The van der Waals surface area contributed by atoms with Gasteiger partial charge in [0.2, 0.25) is 0 Å². The van der Waals surface area contributed by atoms with Crippen molar-refractivity contribution in [3.05, 3.63) is 47.2 Å². The Labute approximate surface area is 139 Å². The second-order valence-electron chi connectivity index (χ2n) is 4.59. The summed E-state index contributed by atoms with van der Waals surface area (Å²) in [7, 11) is 0.432. The number of ether oxygens (including phenoxy) is 2. The Morgan fingerprint density at radius 2 is 1.70 bits per heavy atom.